The molecule has 3 aromatic rings. The summed E-state index contributed by atoms with van der Waals surface area (Å²) in [5, 5.41) is 2.10. The Labute approximate surface area is 108 Å². The van der Waals surface area contributed by atoms with Crippen LogP contribution in [0.15, 0.2) is 29.8 Å². The first-order valence-electron chi connectivity index (χ1n) is 6.10. The zero-order valence-corrected chi connectivity index (χ0v) is 10.7. The van der Waals surface area contributed by atoms with Crippen LogP contribution < -0.4 is 4.90 Å². The van der Waals surface area contributed by atoms with E-state index in [-0.39, 0.29) is 0 Å². The molecule has 0 aliphatic carbocycles. The third kappa shape index (κ3) is 1.44. The molecule has 0 saturated carbocycles. The largest absolute Gasteiger partial charge is 0.378 e. The molecule has 1 saturated heterocycles. The normalized spacial score (nSPS) is 16.8. The van der Waals surface area contributed by atoms with E-state index in [0.717, 1.165) is 37.0 Å². The molecule has 0 spiro atoms. The van der Waals surface area contributed by atoms with Crippen LogP contribution >= 0.6 is 11.3 Å². The number of fused-ring (bicyclic) bond motifs is 3. The number of nitrogens with zero attached hydrogens (tertiary/aromatic N) is 3. The lowest BCUT2D eigenvalue weighted by molar-refractivity contribution is 0.122. The Kier molecular flexibility index (Phi) is 2.28. The summed E-state index contributed by atoms with van der Waals surface area (Å²) in [4.78, 5) is 8.24. The van der Waals surface area contributed by atoms with Gasteiger partial charge in [-0.05, 0) is 23.6 Å². The zero-order valence-electron chi connectivity index (χ0n) is 9.87. The minimum absolute atomic E-state index is 0.789. The summed E-state index contributed by atoms with van der Waals surface area (Å²) in [7, 11) is 0. The molecule has 0 amide bonds. The second-order valence-corrected chi connectivity index (χ2v) is 5.30. The van der Waals surface area contributed by atoms with Gasteiger partial charge in [-0.2, -0.15) is 0 Å². The van der Waals surface area contributed by atoms with Gasteiger partial charge in [-0.15, -0.1) is 11.3 Å². The summed E-state index contributed by atoms with van der Waals surface area (Å²) < 4.78 is 7.64. The third-order valence-electron chi connectivity index (χ3n) is 3.38. The van der Waals surface area contributed by atoms with Gasteiger partial charge in [0.2, 0.25) is 0 Å². The Morgan fingerprint density at radius 3 is 2.94 bits per heavy atom. The molecule has 1 aliphatic heterocycles. The van der Waals surface area contributed by atoms with Crippen LogP contribution in [-0.4, -0.2) is 35.7 Å². The fraction of sp³-hybridized carbons (Fsp3) is 0.308. The monoisotopic (exact) mass is 259 g/mol. The standard InChI is InChI=1S/C13H13N3OS/c1-2-10-12(15-5-7-17-8-6-15)14-13-11(3-9-18-13)16(10)4-1/h1-4,9H,5-8H2. The van der Waals surface area contributed by atoms with Crippen LogP contribution in [0.3, 0.4) is 0 Å². The molecule has 1 fully saturated rings. The predicted octanol–water partition coefficient (Wildman–Crippen LogP) is 2.39. The summed E-state index contributed by atoms with van der Waals surface area (Å²) in [6, 6.07) is 6.34. The maximum atomic E-state index is 5.41. The highest BCUT2D eigenvalue weighted by atomic mass is 32.1. The summed E-state index contributed by atoms with van der Waals surface area (Å²) in [5.74, 6) is 1.08. The van der Waals surface area contributed by atoms with Gasteiger partial charge in [-0.1, -0.05) is 0 Å². The minimum atomic E-state index is 0.789. The molecular weight excluding hydrogens is 246 g/mol. The smallest absolute Gasteiger partial charge is 0.154 e. The van der Waals surface area contributed by atoms with Crippen molar-refractivity contribution in [1.29, 1.82) is 0 Å². The molecule has 4 heterocycles. The van der Waals surface area contributed by atoms with Crippen molar-refractivity contribution in [3.63, 3.8) is 0 Å². The number of morpholine rings is 1. The molecular formula is C13H13N3OS. The van der Waals surface area contributed by atoms with Crippen molar-refractivity contribution in [2.45, 2.75) is 0 Å². The molecule has 4 nitrogen and oxygen atoms in total. The summed E-state index contributed by atoms with van der Waals surface area (Å²) in [5.41, 5.74) is 2.37. The number of ether oxygens (including phenoxy) is 1. The fourth-order valence-electron chi connectivity index (χ4n) is 2.50. The summed E-state index contributed by atoms with van der Waals surface area (Å²) >= 11 is 1.69. The second kappa shape index (κ2) is 3.96. The number of rotatable bonds is 1. The zero-order chi connectivity index (χ0) is 11.9. The SMILES string of the molecule is c1cc2c(N3CCOCC3)nc3sccc3n2c1. The van der Waals surface area contributed by atoms with Crippen molar-refractivity contribution in [3.05, 3.63) is 29.8 Å². The molecule has 5 heteroatoms. The molecule has 0 aromatic carbocycles. The lowest BCUT2D eigenvalue weighted by Gasteiger charge is -2.28. The van der Waals surface area contributed by atoms with Gasteiger partial charge >= 0.3 is 0 Å². The maximum Gasteiger partial charge on any atom is 0.154 e. The molecule has 0 radical (unpaired) electrons. The highest BCUT2D eigenvalue weighted by Gasteiger charge is 2.17. The van der Waals surface area contributed by atoms with E-state index in [4.69, 9.17) is 9.72 Å². The Morgan fingerprint density at radius 1 is 1.17 bits per heavy atom. The summed E-state index contributed by atoms with van der Waals surface area (Å²) in [6.45, 7) is 3.42. The van der Waals surface area contributed by atoms with E-state index in [1.54, 1.807) is 11.3 Å². The second-order valence-electron chi connectivity index (χ2n) is 4.41. The molecule has 4 rings (SSSR count). The number of aromatic nitrogens is 2. The molecule has 0 N–H and O–H groups in total. The van der Waals surface area contributed by atoms with Gasteiger partial charge in [-0.25, -0.2) is 4.98 Å². The van der Waals surface area contributed by atoms with Crippen LogP contribution in [0.5, 0.6) is 0 Å². The van der Waals surface area contributed by atoms with Crippen LogP contribution in [0, 0.1) is 0 Å². The van der Waals surface area contributed by atoms with Crippen molar-refractivity contribution in [1.82, 2.24) is 9.38 Å². The van der Waals surface area contributed by atoms with Crippen molar-refractivity contribution in [3.8, 4) is 0 Å². The molecule has 0 unspecified atom stereocenters. The molecule has 0 atom stereocenters. The van der Waals surface area contributed by atoms with E-state index in [9.17, 15) is 0 Å². The topological polar surface area (TPSA) is 29.8 Å². The first-order chi connectivity index (χ1) is 8.93. The Morgan fingerprint density at radius 2 is 2.06 bits per heavy atom. The van der Waals surface area contributed by atoms with E-state index in [0.29, 0.717) is 0 Å². The van der Waals surface area contributed by atoms with Crippen LogP contribution in [0.2, 0.25) is 0 Å². The van der Waals surface area contributed by atoms with E-state index in [1.807, 2.05) is 0 Å². The van der Waals surface area contributed by atoms with Gasteiger partial charge in [0.05, 0.1) is 24.2 Å². The van der Waals surface area contributed by atoms with E-state index in [1.165, 1.54) is 11.0 Å². The van der Waals surface area contributed by atoms with E-state index >= 15 is 0 Å². The van der Waals surface area contributed by atoms with E-state index in [2.05, 4.69) is 39.1 Å². The van der Waals surface area contributed by atoms with Crippen LogP contribution in [-0.2, 0) is 4.74 Å². The minimum Gasteiger partial charge on any atom is -0.378 e. The van der Waals surface area contributed by atoms with E-state index < -0.39 is 0 Å². The van der Waals surface area contributed by atoms with Crippen molar-refractivity contribution < 1.29 is 4.74 Å². The first-order valence-corrected chi connectivity index (χ1v) is 6.98. The lowest BCUT2D eigenvalue weighted by Crippen LogP contribution is -2.37. The number of anilines is 1. The quantitative estimate of drug-likeness (QED) is 0.672. The molecule has 0 bridgehead atoms. The van der Waals surface area contributed by atoms with Gasteiger partial charge in [0, 0.05) is 19.3 Å². The molecule has 92 valence electrons. The molecule has 3 aromatic heterocycles. The number of hydrogen-bond donors (Lipinski definition) is 0. The first kappa shape index (κ1) is 10.3. The van der Waals surface area contributed by atoms with Crippen molar-refractivity contribution >= 4 is 33.0 Å². The van der Waals surface area contributed by atoms with Gasteiger partial charge in [0.1, 0.15) is 4.83 Å². The molecule has 1 aliphatic rings. The maximum absolute atomic E-state index is 5.41. The number of thiophene rings is 1. The van der Waals surface area contributed by atoms with Gasteiger partial charge in [0.15, 0.2) is 5.82 Å². The average Bonchev–Trinajstić information content (AvgIpc) is 3.06. The van der Waals surface area contributed by atoms with Gasteiger partial charge < -0.3 is 14.0 Å². The Hall–Kier alpha value is -1.59. The molecule has 18 heavy (non-hydrogen) atoms. The predicted molar refractivity (Wildman–Crippen MR) is 73.6 cm³/mol. The Bertz CT molecular complexity index is 696. The average molecular weight is 259 g/mol. The lowest BCUT2D eigenvalue weighted by atomic mass is 10.3. The number of hydrogen-bond acceptors (Lipinski definition) is 4. The fourth-order valence-corrected chi connectivity index (χ4v) is 3.25. The highest BCUT2D eigenvalue weighted by molar-refractivity contribution is 7.16. The van der Waals surface area contributed by atoms with Crippen LogP contribution in [0.1, 0.15) is 0 Å². The van der Waals surface area contributed by atoms with Crippen molar-refractivity contribution in [2.24, 2.45) is 0 Å². The third-order valence-corrected chi connectivity index (χ3v) is 4.18. The van der Waals surface area contributed by atoms with Crippen molar-refractivity contribution in [2.75, 3.05) is 31.2 Å². The van der Waals surface area contributed by atoms with Gasteiger partial charge in [0.25, 0.3) is 0 Å². The Balaban J connectivity index is 1.97. The highest BCUT2D eigenvalue weighted by Crippen LogP contribution is 2.28. The van der Waals surface area contributed by atoms with Crippen LogP contribution in [0.25, 0.3) is 15.9 Å². The van der Waals surface area contributed by atoms with Gasteiger partial charge in [-0.3, -0.25) is 0 Å². The van der Waals surface area contributed by atoms with Crippen LogP contribution in [0.4, 0.5) is 5.82 Å². The summed E-state index contributed by atoms with van der Waals surface area (Å²) in [6.07, 6.45) is 2.11.